The largest absolute Gasteiger partial charge is 0.394 e. The summed E-state index contributed by atoms with van der Waals surface area (Å²) in [6, 6.07) is 1.08. The van der Waals surface area contributed by atoms with Gasteiger partial charge in [0.1, 0.15) is 5.15 Å². The van der Waals surface area contributed by atoms with E-state index in [-0.39, 0.29) is 22.5 Å². The molecule has 1 rings (SSSR count). The molecular formula is C8H9Cl2FN2O. The Morgan fingerprint density at radius 3 is 2.64 bits per heavy atom. The van der Waals surface area contributed by atoms with Gasteiger partial charge in [-0.1, -0.05) is 23.2 Å². The lowest BCUT2D eigenvalue weighted by atomic mass is 9.96. The fourth-order valence-corrected chi connectivity index (χ4v) is 1.47. The SMILES string of the molecule is C[C@@](N)(CO)c1cc(F)c(Cl)nc1Cl. The summed E-state index contributed by atoms with van der Waals surface area (Å²) in [4.78, 5) is 3.55. The van der Waals surface area contributed by atoms with Gasteiger partial charge in [-0.15, -0.1) is 0 Å². The summed E-state index contributed by atoms with van der Waals surface area (Å²) in [5.41, 5.74) is 4.77. The van der Waals surface area contributed by atoms with E-state index < -0.39 is 11.4 Å². The van der Waals surface area contributed by atoms with Crippen molar-refractivity contribution >= 4 is 23.2 Å². The quantitative estimate of drug-likeness (QED) is 0.772. The van der Waals surface area contributed by atoms with Gasteiger partial charge < -0.3 is 10.8 Å². The van der Waals surface area contributed by atoms with Crippen LogP contribution < -0.4 is 5.73 Å². The number of hydrogen-bond donors (Lipinski definition) is 2. The molecule has 0 aliphatic carbocycles. The van der Waals surface area contributed by atoms with Crippen LogP contribution in [0.25, 0.3) is 0 Å². The van der Waals surface area contributed by atoms with Gasteiger partial charge in [0.25, 0.3) is 0 Å². The first-order valence-corrected chi connectivity index (χ1v) is 4.56. The molecule has 3 nitrogen and oxygen atoms in total. The molecule has 14 heavy (non-hydrogen) atoms. The standard InChI is InChI=1S/C8H9Cl2FN2O/c1-8(12,3-14)4-2-5(11)7(10)13-6(4)9/h2,14H,3,12H2,1H3/t8-/m1/s1. The highest BCUT2D eigenvalue weighted by atomic mass is 35.5. The van der Waals surface area contributed by atoms with Crippen molar-refractivity contribution in [3.8, 4) is 0 Å². The molecule has 0 unspecified atom stereocenters. The van der Waals surface area contributed by atoms with Gasteiger partial charge in [-0.2, -0.15) is 0 Å². The normalized spacial score (nSPS) is 15.3. The minimum absolute atomic E-state index is 0.00421. The predicted molar refractivity (Wildman–Crippen MR) is 52.8 cm³/mol. The number of hydrogen-bond acceptors (Lipinski definition) is 3. The molecule has 1 atom stereocenters. The van der Waals surface area contributed by atoms with Gasteiger partial charge in [0.15, 0.2) is 11.0 Å². The van der Waals surface area contributed by atoms with Crippen LogP contribution >= 0.6 is 23.2 Å². The number of nitrogens with zero attached hydrogens (tertiary/aromatic N) is 1. The number of aliphatic hydroxyl groups is 1. The van der Waals surface area contributed by atoms with Crippen LogP contribution in [0, 0.1) is 5.82 Å². The zero-order valence-corrected chi connectivity index (χ0v) is 8.90. The molecule has 1 heterocycles. The van der Waals surface area contributed by atoms with Crippen LogP contribution in [-0.2, 0) is 5.54 Å². The molecule has 0 saturated heterocycles. The number of aromatic nitrogens is 1. The first kappa shape index (κ1) is 11.7. The molecule has 3 N–H and O–H groups in total. The summed E-state index contributed by atoms with van der Waals surface area (Å²) < 4.78 is 13.0. The molecular weight excluding hydrogens is 230 g/mol. The first-order valence-electron chi connectivity index (χ1n) is 3.80. The van der Waals surface area contributed by atoms with Crippen molar-refractivity contribution in [3.63, 3.8) is 0 Å². The Morgan fingerprint density at radius 2 is 2.14 bits per heavy atom. The van der Waals surface area contributed by atoms with Crippen LogP contribution in [0.3, 0.4) is 0 Å². The second kappa shape index (κ2) is 3.98. The lowest BCUT2D eigenvalue weighted by Gasteiger charge is -2.22. The lowest BCUT2D eigenvalue weighted by Crippen LogP contribution is -2.37. The summed E-state index contributed by atoms with van der Waals surface area (Å²) in [5, 5.41) is 8.65. The van der Waals surface area contributed by atoms with Crippen LogP contribution in [0.4, 0.5) is 4.39 Å². The molecule has 0 spiro atoms. The zero-order valence-electron chi connectivity index (χ0n) is 7.39. The van der Waals surface area contributed by atoms with E-state index in [1.165, 1.54) is 6.92 Å². The van der Waals surface area contributed by atoms with Crippen molar-refractivity contribution in [1.29, 1.82) is 0 Å². The van der Waals surface area contributed by atoms with Crippen molar-refractivity contribution in [1.82, 2.24) is 4.98 Å². The number of pyridine rings is 1. The van der Waals surface area contributed by atoms with Crippen LogP contribution in [0.15, 0.2) is 6.07 Å². The molecule has 1 aromatic rings. The third-order valence-corrected chi connectivity index (χ3v) is 2.38. The average Bonchev–Trinajstić information content (AvgIpc) is 2.11. The minimum atomic E-state index is -1.13. The van der Waals surface area contributed by atoms with Gasteiger partial charge in [0.05, 0.1) is 12.1 Å². The monoisotopic (exact) mass is 238 g/mol. The maximum Gasteiger partial charge on any atom is 0.166 e. The van der Waals surface area contributed by atoms with Crippen molar-refractivity contribution in [2.24, 2.45) is 5.73 Å². The van der Waals surface area contributed by atoms with Gasteiger partial charge in [0, 0.05) is 5.56 Å². The Kier molecular flexibility index (Phi) is 3.32. The van der Waals surface area contributed by atoms with Gasteiger partial charge >= 0.3 is 0 Å². The van der Waals surface area contributed by atoms with Crippen molar-refractivity contribution in [2.45, 2.75) is 12.5 Å². The molecule has 0 bridgehead atoms. The third-order valence-electron chi connectivity index (χ3n) is 1.83. The maximum atomic E-state index is 13.0. The van der Waals surface area contributed by atoms with Gasteiger partial charge in [-0.25, -0.2) is 9.37 Å². The Labute approximate surface area is 90.7 Å². The maximum absolute atomic E-state index is 13.0. The molecule has 0 aromatic carbocycles. The third kappa shape index (κ3) is 2.15. The van der Waals surface area contributed by atoms with E-state index in [1.807, 2.05) is 0 Å². The van der Waals surface area contributed by atoms with Crippen LogP contribution in [0.5, 0.6) is 0 Å². The summed E-state index contributed by atoms with van der Waals surface area (Å²) in [6.45, 7) is 1.15. The highest BCUT2D eigenvalue weighted by molar-refractivity contribution is 6.33. The average molecular weight is 239 g/mol. The molecule has 0 amide bonds. The van der Waals surface area contributed by atoms with Gasteiger partial charge in [-0.3, -0.25) is 0 Å². The Hall–Kier alpha value is -0.420. The van der Waals surface area contributed by atoms with E-state index in [0.29, 0.717) is 0 Å². The van der Waals surface area contributed by atoms with Crippen molar-refractivity contribution in [2.75, 3.05) is 6.61 Å². The van der Waals surface area contributed by atoms with E-state index >= 15 is 0 Å². The van der Waals surface area contributed by atoms with Crippen molar-refractivity contribution < 1.29 is 9.50 Å². The first-order chi connectivity index (χ1) is 6.38. The number of aliphatic hydroxyl groups excluding tert-OH is 1. The molecule has 0 aliphatic rings. The Balaban J connectivity index is 3.29. The Morgan fingerprint density at radius 1 is 1.57 bits per heavy atom. The lowest BCUT2D eigenvalue weighted by molar-refractivity contribution is 0.209. The number of rotatable bonds is 2. The van der Waals surface area contributed by atoms with Gasteiger partial charge in [-0.05, 0) is 13.0 Å². The summed E-state index contributed by atoms with van der Waals surface area (Å²) in [7, 11) is 0. The fourth-order valence-electron chi connectivity index (χ4n) is 0.931. The number of halogens is 3. The van der Waals surface area contributed by atoms with Gasteiger partial charge in [0.2, 0.25) is 0 Å². The van der Waals surface area contributed by atoms with E-state index in [2.05, 4.69) is 4.98 Å². The Bertz CT molecular complexity index is 357. The molecule has 78 valence electrons. The highest BCUT2D eigenvalue weighted by Gasteiger charge is 2.25. The van der Waals surface area contributed by atoms with Crippen LogP contribution in [-0.4, -0.2) is 16.7 Å². The second-order valence-corrected chi connectivity index (χ2v) is 3.89. The van der Waals surface area contributed by atoms with Crippen molar-refractivity contribution in [3.05, 3.63) is 27.8 Å². The summed E-state index contributed by atoms with van der Waals surface area (Å²) >= 11 is 11.1. The molecule has 1 aromatic heterocycles. The second-order valence-electron chi connectivity index (χ2n) is 3.17. The van der Waals surface area contributed by atoms with E-state index in [9.17, 15) is 4.39 Å². The van der Waals surface area contributed by atoms with E-state index in [1.54, 1.807) is 0 Å². The molecule has 0 saturated carbocycles. The summed E-state index contributed by atoms with van der Waals surface area (Å²) in [6.07, 6.45) is 0. The molecule has 0 radical (unpaired) electrons. The van der Waals surface area contributed by atoms with Crippen LogP contribution in [0.1, 0.15) is 12.5 Å². The zero-order chi connectivity index (χ0) is 10.9. The van der Waals surface area contributed by atoms with E-state index in [4.69, 9.17) is 34.0 Å². The summed E-state index contributed by atoms with van der Waals surface area (Å²) in [5.74, 6) is -0.712. The fraction of sp³-hybridized carbons (Fsp3) is 0.375. The minimum Gasteiger partial charge on any atom is -0.394 e. The predicted octanol–water partition coefficient (Wildman–Crippen LogP) is 1.69. The number of nitrogens with two attached hydrogens (primary N) is 1. The molecule has 0 aliphatic heterocycles. The van der Waals surface area contributed by atoms with Crippen LogP contribution in [0.2, 0.25) is 10.3 Å². The highest BCUT2D eigenvalue weighted by Crippen LogP contribution is 2.27. The topological polar surface area (TPSA) is 59.1 Å². The molecule has 0 fully saturated rings. The smallest absolute Gasteiger partial charge is 0.166 e. The van der Waals surface area contributed by atoms with E-state index in [0.717, 1.165) is 6.07 Å². The molecule has 6 heteroatoms.